The molecule has 26 heavy (non-hydrogen) atoms. The van der Waals surface area contributed by atoms with Crippen LogP contribution in [0.25, 0.3) is 0 Å². The van der Waals surface area contributed by atoms with E-state index in [-0.39, 0.29) is 5.56 Å². The highest BCUT2D eigenvalue weighted by Crippen LogP contribution is 2.23. The molecule has 1 fully saturated rings. The molecule has 2 aromatic rings. The van der Waals surface area contributed by atoms with Crippen LogP contribution >= 0.6 is 0 Å². The molecule has 0 unspecified atom stereocenters. The number of piperazine rings is 1. The summed E-state index contributed by atoms with van der Waals surface area (Å²) in [6, 6.07) is 9.75. The zero-order chi connectivity index (χ0) is 18.5. The first-order chi connectivity index (χ1) is 12.5. The molecule has 140 valence electrons. The molecule has 1 aromatic heterocycles. The SMILES string of the molecule is COc1cccc(N2CCN(c3nc(CCC(C)C)cc(=O)[nH]3)CC2)c1. The Labute approximate surface area is 154 Å². The van der Waals surface area contributed by atoms with Crippen molar-refractivity contribution in [3.8, 4) is 5.75 Å². The molecule has 1 aromatic carbocycles. The molecular weight excluding hydrogens is 328 g/mol. The Balaban J connectivity index is 1.66. The van der Waals surface area contributed by atoms with Gasteiger partial charge >= 0.3 is 0 Å². The first-order valence-electron chi connectivity index (χ1n) is 9.29. The molecule has 0 aliphatic carbocycles. The van der Waals surface area contributed by atoms with Gasteiger partial charge in [0.25, 0.3) is 5.56 Å². The van der Waals surface area contributed by atoms with Crippen LogP contribution in [0.15, 0.2) is 35.1 Å². The van der Waals surface area contributed by atoms with E-state index in [1.54, 1.807) is 13.2 Å². The highest BCUT2D eigenvalue weighted by Gasteiger charge is 2.20. The maximum atomic E-state index is 12.0. The van der Waals surface area contributed by atoms with E-state index < -0.39 is 0 Å². The van der Waals surface area contributed by atoms with Crippen LogP contribution in [-0.2, 0) is 6.42 Å². The standard InChI is InChI=1S/C20H28N4O2/c1-15(2)7-8-16-13-19(25)22-20(21-16)24-11-9-23(10-12-24)17-5-4-6-18(14-17)26-3/h4-6,13-15H,7-12H2,1-3H3,(H,21,22,25). The normalized spacial score (nSPS) is 14.8. The lowest BCUT2D eigenvalue weighted by molar-refractivity contribution is 0.414. The summed E-state index contributed by atoms with van der Waals surface area (Å²) in [4.78, 5) is 24.1. The predicted molar refractivity (Wildman–Crippen MR) is 105 cm³/mol. The van der Waals surface area contributed by atoms with E-state index >= 15 is 0 Å². The second-order valence-electron chi connectivity index (χ2n) is 7.17. The summed E-state index contributed by atoms with van der Waals surface area (Å²) in [6.07, 6.45) is 1.89. The second-order valence-corrected chi connectivity index (χ2v) is 7.17. The molecule has 1 aliphatic heterocycles. The maximum absolute atomic E-state index is 12.0. The topological polar surface area (TPSA) is 61.5 Å². The van der Waals surface area contributed by atoms with Crippen molar-refractivity contribution in [1.29, 1.82) is 0 Å². The van der Waals surface area contributed by atoms with Gasteiger partial charge in [-0.15, -0.1) is 0 Å². The summed E-state index contributed by atoms with van der Waals surface area (Å²) in [6.45, 7) is 7.79. The van der Waals surface area contributed by atoms with E-state index in [2.05, 4.69) is 45.7 Å². The number of aromatic nitrogens is 2. The first kappa shape index (κ1) is 18.3. The number of ether oxygens (including phenoxy) is 1. The molecule has 0 bridgehead atoms. The van der Waals surface area contributed by atoms with Crippen LogP contribution in [0, 0.1) is 5.92 Å². The van der Waals surface area contributed by atoms with E-state index in [1.807, 2.05) is 12.1 Å². The van der Waals surface area contributed by atoms with Crippen molar-refractivity contribution < 1.29 is 4.74 Å². The number of aryl methyl sites for hydroxylation is 1. The number of benzene rings is 1. The van der Waals surface area contributed by atoms with Crippen LogP contribution in [0.5, 0.6) is 5.75 Å². The van der Waals surface area contributed by atoms with Crippen LogP contribution in [-0.4, -0.2) is 43.3 Å². The number of methoxy groups -OCH3 is 1. The number of rotatable bonds is 6. The third-order valence-electron chi connectivity index (χ3n) is 4.76. The number of nitrogens with one attached hydrogen (secondary N) is 1. The number of nitrogens with zero attached hydrogens (tertiary/aromatic N) is 3. The van der Waals surface area contributed by atoms with Crippen molar-refractivity contribution in [2.45, 2.75) is 26.7 Å². The van der Waals surface area contributed by atoms with Crippen molar-refractivity contribution in [3.05, 3.63) is 46.4 Å². The predicted octanol–water partition coefficient (Wildman–Crippen LogP) is 2.69. The molecule has 6 nitrogen and oxygen atoms in total. The van der Waals surface area contributed by atoms with Crippen LogP contribution in [0.4, 0.5) is 11.6 Å². The van der Waals surface area contributed by atoms with Gasteiger partial charge in [0.05, 0.1) is 7.11 Å². The number of anilines is 2. The molecule has 1 aliphatic rings. The molecule has 1 N–H and O–H groups in total. The average molecular weight is 356 g/mol. The molecule has 0 saturated carbocycles. The molecule has 0 spiro atoms. The number of H-pyrrole nitrogens is 1. The summed E-state index contributed by atoms with van der Waals surface area (Å²) in [5.74, 6) is 2.17. The smallest absolute Gasteiger partial charge is 0.252 e. The summed E-state index contributed by atoms with van der Waals surface area (Å²) < 4.78 is 5.32. The molecule has 6 heteroatoms. The van der Waals surface area contributed by atoms with Crippen LogP contribution in [0.3, 0.4) is 0 Å². The molecule has 0 atom stereocenters. The quantitative estimate of drug-likeness (QED) is 0.862. The van der Waals surface area contributed by atoms with Crippen molar-refractivity contribution in [2.75, 3.05) is 43.1 Å². The molecule has 1 saturated heterocycles. The third kappa shape index (κ3) is 4.56. The van der Waals surface area contributed by atoms with Crippen LogP contribution in [0.2, 0.25) is 0 Å². The fraction of sp³-hybridized carbons (Fsp3) is 0.500. The van der Waals surface area contributed by atoms with Gasteiger partial charge in [0.15, 0.2) is 0 Å². The Morgan fingerprint density at radius 1 is 1.15 bits per heavy atom. The Kier molecular flexibility index (Phi) is 5.81. The number of aromatic amines is 1. The molecule has 0 radical (unpaired) electrons. The van der Waals surface area contributed by atoms with Gasteiger partial charge in [-0.1, -0.05) is 19.9 Å². The Bertz CT molecular complexity index is 779. The van der Waals surface area contributed by atoms with Gasteiger partial charge in [-0.25, -0.2) is 4.98 Å². The molecule has 2 heterocycles. The lowest BCUT2D eigenvalue weighted by Crippen LogP contribution is -2.47. The van der Waals surface area contributed by atoms with Crippen LogP contribution in [0.1, 0.15) is 26.0 Å². The lowest BCUT2D eigenvalue weighted by Gasteiger charge is -2.36. The minimum atomic E-state index is -0.0658. The number of hydrogen-bond acceptors (Lipinski definition) is 5. The van der Waals surface area contributed by atoms with Gasteiger partial charge in [0.2, 0.25) is 5.95 Å². The molecular formula is C20H28N4O2. The zero-order valence-electron chi connectivity index (χ0n) is 15.9. The summed E-state index contributed by atoms with van der Waals surface area (Å²) in [7, 11) is 1.69. The van der Waals surface area contributed by atoms with E-state index in [0.29, 0.717) is 11.9 Å². The third-order valence-corrected chi connectivity index (χ3v) is 4.76. The minimum Gasteiger partial charge on any atom is -0.497 e. The summed E-state index contributed by atoms with van der Waals surface area (Å²) in [5.41, 5.74) is 1.98. The molecule has 0 amide bonds. The first-order valence-corrected chi connectivity index (χ1v) is 9.29. The van der Waals surface area contributed by atoms with E-state index in [1.165, 1.54) is 0 Å². The van der Waals surface area contributed by atoms with Crippen molar-refractivity contribution in [2.24, 2.45) is 5.92 Å². The maximum Gasteiger partial charge on any atom is 0.252 e. The van der Waals surface area contributed by atoms with E-state index in [9.17, 15) is 4.79 Å². The van der Waals surface area contributed by atoms with Crippen LogP contribution < -0.4 is 20.1 Å². The lowest BCUT2D eigenvalue weighted by atomic mass is 10.1. The Hall–Kier alpha value is -2.50. The minimum absolute atomic E-state index is 0.0658. The second kappa shape index (κ2) is 8.25. The van der Waals surface area contributed by atoms with Gasteiger partial charge in [-0.2, -0.15) is 0 Å². The molecule has 3 rings (SSSR count). The van der Waals surface area contributed by atoms with Crippen molar-refractivity contribution in [3.63, 3.8) is 0 Å². The average Bonchev–Trinajstić information content (AvgIpc) is 2.66. The van der Waals surface area contributed by atoms with E-state index in [0.717, 1.165) is 56.2 Å². The van der Waals surface area contributed by atoms with Gasteiger partial charge in [0, 0.05) is 49.7 Å². The largest absolute Gasteiger partial charge is 0.497 e. The Morgan fingerprint density at radius 2 is 1.88 bits per heavy atom. The fourth-order valence-electron chi connectivity index (χ4n) is 3.19. The highest BCUT2D eigenvalue weighted by molar-refractivity contribution is 5.52. The van der Waals surface area contributed by atoms with Gasteiger partial charge in [0.1, 0.15) is 5.75 Å². The highest BCUT2D eigenvalue weighted by atomic mass is 16.5. The van der Waals surface area contributed by atoms with Crippen molar-refractivity contribution in [1.82, 2.24) is 9.97 Å². The van der Waals surface area contributed by atoms with Gasteiger partial charge < -0.3 is 14.5 Å². The van der Waals surface area contributed by atoms with E-state index in [4.69, 9.17) is 4.74 Å². The summed E-state index contributed by atoms with van der Waals surface area (Å²) >= 11 is 0. The summed E-state index contributed by atoms with van der Waals surface area (Å²) in [5, 5.41) is 0. The fourth-order valence-corrected chi connectivity index (χ4v) is 3.19. The van der Waals surface area contributed by atoms with Gasteiger partial charge in [-0.3, -0.25) is 9.78 Å². The monoisotopic (exact) mass is 356 g/mol. The van der Waals surface area contributed by atoms with Gasteiger partial charge in [-0.05, 0) is 30.9 Å². The number of hydrogen-bond donors (Lipinski definition) is 1. The van der Waals surface area contributed by atoms with Crippen molar-refractivity contribution >= 4 is 11.6 Å². The Morgan fingerprint density at radius 3 is 2.58 bits per heavy atom. The zero-order valence-corrected chi connectivity index (χ0v) is 15.9.